The number of benzene rings is 1. The van der Waals surface area contributed by atoms with Gasteiger partial charge in [0.15, 0.2) is 5.03 Å². The first kappa shape index (κ1) is 14.9. The largest absolute Gasteiger partial charge is 0.492 e. The Morgan fingerprint density at radius 1 is 1.43 bits per heavy atom. The standard InChI is InChI=1S/C12H13N3O5S/c1-2-20-10-6-4-3-5-9(10)15-21(18,19)11-8(12(16)17)7-13-14-11/h3-7,15H,2H2,1H3,(H,13,14)(H,16,17). The fourth-order valence-corrected chi connectivity index (χ4v) is 2.82. The number of H-pyrrole nitrogens is 1. The number of aromatic amines is 1. The van der Waals surface area contributed by atoms with E-state index in [9.17, 15) is 13.2 Å². The van der Waals surface area contributed by atoms with Gasteiger partial charge in [0.25, 0.3) is 10.0 Å². The first-order chi connectivity index (χ1) is 9.95. The van der Waals surface area contributed by atoms with Gasteiger partial charge in [-0.15, -0.1) is 0 Å². The molecule has 0 aliphatic rings. The highest BCUT2D eigenvalue weighted by Gasteiger charge is 2.25. The number of carbonyl (C=O) groups is 1. The minimum atomic E-state index is -4.12. The third-order valence-electron chi connectivity index (χ3n) is 2.53. The van der Waals surface area contributed by atoms with Crippen LogP contribution in [0.3, 0.4) is 0 Å². The molecule has 0 aliphatic carbocycles. The molecular formula is C12H13N3O5S. The first-order valence-corrected chi connectivity index (χ1v) is 7.45. The average Bonchev–Trinajstić information content (AvgIpc) is 2.91. The number of nitrogens with zero attached hydrogens (tertiary/aromatic N) is 1. The number of para-hydroxylation sites is 2. The van der Waals surface area contributed by atoms with Crippen LogP contribution in [0.15, 0.2) is 35.5 Å². The summed E-state index contributed by atoms with van der Waals surface area (Å²) in [6.45, 7) is 2.13. The number of nitrogens with one attached hydrogen (secondary N) is 2. The van der Waals surface area contributed by atoms with E-state index in [2.05, 4.69) is 14.9 Å². The molecule has 112 valence electrons. The van der Waals surface area contributed by atoms with Crippen molar-refractivity contribution >= 4 is 21.7 Å². The van der Waals surface area contributed by atoms with E-state index in [1.54, 1.807) is 25.1 Å². The second kappa shape index (κ2) is 5.83. The lowest BCUT2D eigenvalue weighted by atomic mass is 10.3. The minimum Gasteiger partial charge on any atom is -0.492 e. The summed E-state index contributed by atoms with van der Waals surface area (Å²) in [6.07, 6.45) is 0.936. The molecule has 0 radical (unpaired) electrons. The van der Waals surface area contributed by atoms with Crippen LogP contribution in [0.5, 0.6) is 5.75 Å². The van der Waals surface area contributed by atoms with E-state index in [-0.39, 0.29) is 5.69 Å². The van der Waals surface area contributed by atoms with Gasteiger partial charge in [0, 0.05) is 0 Å². The number of hydrogen-bond acceptors (Lipinski definition) is 5. The normalized spacial score (nSPS) is 11.1. The van der Waals surface area contributed by atoms with E-state index in [1.165, 1.54) is 6.07 Å². The first-order valence-electron chi connectivity index (χ1n) is 5.97. The Kier molecular flexibility index (Phi) is 4.13. The van der Waals surface area contributed by atoms with E-state index in [4.69, 9.17) is 9.84 Å². The summed E-state index contributed by atoms with van der Waals surface area (Å²) in [5.74, 6) is -1.04. The number of ether oxygens (including phenoxy) is 1. The Hall–Kier alpha value is -2.55. The maximum atomic E-state index is 12.2. The zero-order valence-corrected chi connectivity index (χ0v) is 11.8. The van der Waals surface area contributed by atoms with Gasteiger partial charge in [0.2, 0.25) is 0 Å². The van der Waals surface area contributed by atoms with Crippen molar-refractivity contribution in [2.75, 3.05) is 11.3 Å². The molecule has 0 saturated carbocycles. The molecule has 0 atom stereocenters. The zero-order valence-electron chi connectivity index (χ0n) is 11.0. The summed E-state index contributed by atoms with van der Waals surface area (Å²) in [5.41, 5.74) is -0.221. The smallest absolute Gasteiger partial charge is 0.340 e. The quantitative estimate of drug-likeness (QED) is 0.739. The number of rotatable bonds is 6. The van der Waals surface area contributed by atoms with E-state index >= 15 is 0 Å². The highest BCUT2D eigenvalue weighted by atomic mass is 32.2. The summed E-state index contributed by atoms with van der Waals surface area (Å²) in [6, 6.07) is 6.44. The van der Waals surface area contributed by atoms with E-state index < -0.39 is 26.6 Å². The van der Waals surface area contributed by atoms with Gasteiger partial charge in [-0.05, 0) is 19.1 Å². The predicted octanol–water partition coefficient (Wildman–Crippen LogP) is 1.31. The topological polar surface area (TPSA) is 121 Å². The third-order valence-corrected chi connectivity index (χ3v) is 3.87. The molecule has 2 aromatic rings. The SMILES string of the molecule is CCOc1ccccc1NS(=O)(=O)c1[nH]ncc1C(=O)O. The molecule has 1 heterocycles. The van der Waals surface area contributed by atoms with Gasteiger partial charge in [0.1, 0.15) is 11.3 Å². The van der Waals surface area contributed by atoms with E-state index in [1.807, 2.05) is 0 Å². The molecule has 0 bridgehead atoms. The second-order valence-corrected chi connectivity index (χ2v) is 5.57. The Labute approximate surface area is 120 Å². The number of aromatic carboxylic acids is 1. The summed E-state index contributed by atoms with van der Waals surface area (Å²) < 4.78 is 32.1. The van der Waals surface area contributed by atoms with Crippen molar-refractivity contribution in [2.24, 2.45) is 0 Å². The molecular weight excluding hydrogens is 298 g/mol. The Bertz CT molecular complexity index is 754. The van der Waals surface area contributed by atoms with Crippen LogP contribution in [0, 0.1) is 0 Å². The number of sulfonamides is 1. The van der Waals surface area contributed by atoms with Gasteiger partial charge in [-0.3, -0.25) is 9.82 Å². The van der Waals surface area contributed by atoms with Crippen LogP contribution in [0.25, 0.3) is 0 Å². The maximum Gasteiger partial charge on any atom is 0.340 e. The van der Waals surface area contributed by atoms with Gasteiger partial charge in [-0.25, -0.2) is 4.79 Å². The predicted molar refractivity (Wildman–Crippen MR) is 74.0 cm³/mol. The minimum absolute atomic E-state index is 0.213. The lowest BCUT2D eigenvalue weighted by molar-refractivity contribution is 0.0692. The summed E-state index contributed by atoms with van der Waals surface area (Å²) >= 11 is 0. The van der Waals surface area contributed by atoms with Crippen molar-refractivity contribution < 1.29 is 23.1 Å². The molecule has 21 heavy (non-hydrogen) atoms. The molecule has 0 amide bonds. The number of aromatic nitrogens is 2. The Morgan fingerprint density at radius 3 is 2.81 bits per heavy atom. The van der Waals surface area contributed by atoms with Gasteiger partial charge < -0.3 is 9.84 Å². The van der Waals surface area contributed by atoms with Crippen LogP contribution >= 0.6 is 0 Å². The number of carboxylic acids is 1. The van der Waals surface area contributed by atoms with E-state index in [0.29, 0.717) is 12.4 Å². The summed E-state index contributed by atoms with van der Waals surface area (Å²) in [5, 5.41) is 14.1. The van der Waals surface area contributed by atoms with Crippen molar-refractivity contribution in [3.8, 4) is 5.75 Å². The third kappa shape index (κ3) is 3.14. The van der Waals surface area contributed by atoms with Crippen LogP contribution < -0.4 is 9.46 Å². The number of anilines is 1. The van der Waals surface area contributed by atoms with Gasteiger partial charge in [-0.2, -0.15) is 13.5 Å². The van der Waals surface area contributed by atoms with Crippen molar-refractivity contribution in [1.29, 1.82) is 0 Å². The van der Waals surface area contributed by atoms with Crippen LogP contribution in [0.4, 0.5) is 5.69 Å². The molecule has 3 N–H and O–H groups in total. The molecule has 0 unspecified atom stereocenters. The van der Waals surface area contributed by atoms with Crippen molar-refractivity contribution in [3.63, 3.8) is 0 Å². The van der Waals surface area contributed by atoms with Gasteiger partial charge in [0.05, 0.1) is 18.5 Å². The highest BCUT2D eigenvalue weighted by Crippen LogP contribution is 2.26. The number of hydrogen-bond donors (Lipinski definition) is 3. The van der Waals surface area contributed by atoms with Crippen molar-refractivity contribution in [3.05, 3.63) is 36.0 Å². The van der Waals surface area contributed by atoms with Crippen LogP contribution in [-0.2, 0) is 10.0 Å². The molecule has 1 aromatic carbocycles. The van der Waals surface area contributed by atoms with Crippen LogP contribution in [0.2, 0.25) is 0 Å². The molecule has 2 rings (SSSR count). The molecule has 0 aliphatic heterocycles. The summed E-state index contributed by atoms with van der Waals surface area (Å²) in [7, 11) is -4.12. The van der Waals surface area contributed by atoms with E-state index in [0.717, 1.165) is 6.20 Å². The zero-order chi connectivity index (χ0) is 15.5. The van der Waals surface area contributed by atoms with Crippen LogP contribution in [0.1, 0.15) is 17.3 Å². The lowest BCUT2D eigenvalue weighted by Gasteiger charge is -2.12. The monoisotopic (exact) mass is 311 g/mol. The van der Waals surface area contributed by atoms with Crippen LogP contribution in [-0.4, -0.2) is 36.3 Å². The Balaban J connectivity index is 2.38. The number of carboxylic acid groups (broad SMARTS) is 1. The molecule has 1 aromatic heterocycles. The molecule has 8 nitrogen and oxygen atoms in total. The Morgan fingerprint density at radius 2 is 2.14 bits per heavy atom. The second-order valence-electron chi connectivity index (χ2n) is 3.95. The maximum absolute atomic E-state index is 12.2. The average molecular weight is 311 g/mol. The molecule has 0 fully saturated rings. The fourth-order valence-electron chi connectivity index (χ4n) is 1.66. The fraction of sp³-hybridized carbons (Fsp3) is 0.167. The van der Waals surface area contributed by atoms with Gasteiger partial charge >= 0.3 is 5.97 Å². The van der Waals surface area contributed by atoms with Gasteiger partial charge in [-0.1, -0.05) is 12.1 Å². The van der Waals surface area contributed by atoms with Crippen molar-refractivity contribution in [2.45, 2.75) is 11.9 Å². The van der Waals surface area contributed by atoms with Crippen molar-refractivity contribution in [1.82, 2.24) is 10.2 Å². The summed E-state index contributed by atoms with van der Waals surface area (Å²) in [4.78, 5) is 11.0. The molecule has 0 spiro atoms. The molecule has 0 saturated heterocycles. The molecule has 9 heteroatoms. The highest BCUT2D eigenvalue weighted by molar-refractivity contribution is 7.92. The lowest BCUT2D eigenvalue weighted by Crippen LogP contribution is -2.17.